The number of hydrogen-bond donors (Lipinski definition) is 0. The second kappa shape index (κ2) is 12.3. The molecule has 2 aromatic rings. The highest BCUT2D eigenvalue weighted by molar-refractivity contribution is 5.39. The fourth-order valence-corrected chi connectivity index (χ4v) is 6.01. The molecule has 174 valence electrons. The molecule has 0 saturated heterocycles. The topological polar surface area (TPSA) is 0 Å². The lowest BCUT2D eigenvalue weighted by molar-refractivity contribution is 0.308. The fourth-order valence-electron chi connectivity index (χ4n) is 6.01. The molecule has 0 unspecified atom stereocenters. The van der Waals surface area contributed by atoms with E-state index in [1.54, 1.807) is 0 Å². The van der Waals surface area contributed by atoms with E-state index in [-0.39, 0.29) is 0 Å². The second-order valence-corrected chi connectivity index (χ2v) is 10.5. The van der Waals surface area contributed by atoms with Gasteiger partial charge in [0.05, 0.1) is 0 Å². The molecule has 2 aliphatic carbocycles. The predicted molar refractivity (Wildman–Crippen MR) is 143 cm³/mol. The van der Waals surface area contributed by atoms with Crippen molar-refractivity contribution in [3.05, 3.63) is 82.9 Å². The summed E-state index contributed by atoms with van der Waals surface area (Å²) in [4.78, 5) is 0. The highest BCUT2D eigenvalue weighted by Crippen LogP contribution is 2.38. The van der Waals surface area contributed by atoms with Crippen LogP contribution in [-0.4, -0.2) is 0 Å². The van der Waals surface area contributed by atoms with Gasteiger partial charge in [0.1, 0.15) is 0 Å². The van der Waals surface area contributed by atoms with Gasteiger partial charge in [0.25, 0.3) is 0 Å². The van der Waals surface area contributed by atoms with Gasteiger partial charge in [-0.25, -0.2) is 0 Å². The van der Waals surface area contributed by atoms with E-state index < -0.39 is 0 Å². The normalized spacial score (nSPS) is 25.5. The molecular formula is C33H42. The first-order valence-corrected chi connectivity index (χ1v) is 13.6. The Hall–Kier alpha value is -2.26. The second-order valence-electron chi connectivity index (χ2n) is 10.5. The molecular weight excluding hydrogens is 396 g/mol. The first kappa shape index (κ1) is 23.9. The average Bonchev–Trinajstić information content (AvgIpc) is 2.88. The van der Waals surface area contributed by atoms with Gasteiger partial charge in [-0.1, -0.05) is 81.0 Å². The molecule has 0 aromatic heterocycles. The van der Waals surface area contributed by atoms with Crippen LogP contribution in [0.3, 0.4) is 0 Å². The molecule has 0 N–H and O–H groups in total. The maximum absolute atomic E-state index is 3.35. The van der Waals surface area contributed by atoms with E-state index in [2.05, 4.69) is 86.4 Å². The lowest BCUT2D eigenvalue weighted by atomic mass is 9.77. The molecule has 2 aliphatic rings. The Bertz CT molecular complexity index is 918. The van der Waals surface area contributed by atoms with Gasteiger partial charge in [-0.05, 0) is 116 Å². The van der Waals surface area contributed by atoms with E-state index in [9.17, 15) is 0 Å². The van der Waals surface area contributed by atoms with E-state index >= 15 is 0 Å². The lowest BCUT2D eigenvalue weighted by Gasteiger charge is -2.28. The number of allylic oxidation sites excluding steroid dienone is 2. The van der Waals surface area contributed by atoms with Crippen molar-refractivity contribution in [2.24, 2.45) is 11.8 Å². The zero-order valence-electron chi connectivity index (χ0n) is 20.9. The van der Waals surface area contributed by atoms with Gasteiger partial charge in [0, 0.05) is 5.56 Å². The van der Waals surface area contributed by atoms with Gasteiger partial charge in [-0.15, -0.1) is 0 Å². The van der Waals surface area contributed by atoms with Crippen LogP contribution in [0, 0.1) is 23.7 Å². The molecule has 0 nitrogen and oxygen atoms in total. The van der Waals surface area contributed by atoms with Crippen molar-refractivity contribution in [3.8, 4) is 11.8 Å². The van der Waals surface area contributed by atoms with Crippen LogP contribution in [-0.2, 0) is 6.42 Å². The molecule has 0 bridgehead atoms. The quantitative estimate of drug-likeness (QED) is 0.394. The minimum atomic E-state index is 0.690. The summed E-state index contributed by atoms with van der Waals surface area (Å²) in [5.41, 5.74) is 5.64. The van der Waals surface area contributed by atoms with Crippen LogP contribution < -0.4 is 0 Å². The Balaban J connectivity index is 1.22. The Kier molecular flexibility index (Phi) is 8.88. The fraction of sp³-hybridized carbons (Fsp3) is 0.515. The van der Waals surface area contributed by atoms with Crippen molar-refractivity contribution in [3.63, 3.8) is 0 Å². The van der Waals surface area contributed by atoms with Crippen LogP contribution in [0.2, 0.25) is 0 Å². The number of aryl methyl sites for hydroxylation is 1. The summed E-state index contributed by atoms with van der Waals surface area (Å²) in [6.07, 6.45) is 19.1. The summed E-state index contributed by atoms with van der Waals surface area (Å²) in [6, 6.07) is 18.4. The molecule has 33 heavy (non-hydrogen) atoms. The molecule has 0 heterocycles. The molecule has 2 saturated carbocycles. The van der Waals surface area contributed by atoms with Crippen molar-refractivity contribution >= 4 is 0 Å². The lowest BCUT2D eigenvalue weighted by Crippen LogP contribution is -2.13. The Morgan fingerprint density at radius 1 is 0.727 bits per heavy atom. The van der Waals surface area contributed by atoms with Crippen molar-refractivity contribution in [1.29, 1.82) is 0 Å². The molecule has 0 spiro atoms. The maximum Gasteiger partial charge on any atom is 0.0249 e. The predicted octanol–water partition coefficient (Wildman–Crippen LogP) is 9.20. The van der Waals surface area contributed by atoms with E-state index in [1.165, 1.54) is 80.9 Å². The summed E-state index contributed by atoms with van der Waals surface area (Å²) in [7, 11) is 0. The Labute approximate surface area is 202 Å². The summed E-state index contributed by atoms with van der Waals surface area (Å²) in [5.74, 6) is 9.81. The summed E-state index contributed by atoms with van der Waals surface area (Å²) in [6.45, 7) is 4.54. The van der Waals surface area contributed by atoms with Crippen molar-refractivity contribution < 1.29 is 0 Å². The molecule has 0 aliphatic heterocycles. The van der Waals surface area contributed by atoms with Crippen LogP contribution in [0.5, 0.6) is 0 Å². The van der Waals surface area contributed by atoms with E-state index in [1.807, 2.05) is 0 Å². The highest BCUT2D eigenvalue weighted by atomic mass is 14.3. The number of hydrogen-bond acceptors (Lipinski definition) is 0. The van der Waals surface area contributed by atoms with E-state index in [4.69, 9.17) is 0 Å². The SMILES string of the molecule is CCCC1CCC(c2ccc(C#CC=CC3CCC(c4ccc(CC)cc4)CC3)cc2)CC1. The van der Waals surface area contributed by atoms with Crippen LogP contribution >= 0.6 is 0 Å². The Morgan fingerprint density at radius 3 is 1.88 bits per heavy atom. The number of rotatable bonds is 6. The molecule has 4 rings (SSSR count). The third-order valence-corrected chi connectivity index (χ3v) is 8.23. The third-order valence-electron chi connectivity index (χ3n) is 8.23. The minimum absolute atomic E-state index is 0.690. The standard InChI is InChI=1S/C33H42/c1-3-7-27-12-20-31(21-13-27)33-24-16-29(17-25-33)9-6-5-8-28-14-22-32(23-15-28)30-18-10-26(4-2)11-19-30/h5,8,10-11,16-19,24-25,27-28,31-32H,3-4,7,12-15,20-23H2,1-2H3. The summed E-state index contributed by atoms with van der Waals surface area (Å²) < 4.78 is 0. The van der Waals surface area contributed by atoms with Crippen molar-refractivity contribution in [2.45, 2.75) is 96.3 Å². The molecule has 0 heteroatoms. The largest absolute Gasteiger partial charge is 0.0730 e. The van der Waals surface area contributed by atoms with Crippen molar-refractivity contribution in [1.82, 2.24) is 0 Å². The smallest absolute Gasteiger partial charge is 0.0249 e. The molecule has 2 fully saturated rings. The first-order valence-electron chi connectivity index (χ1n) is 13.6. The van der Waals surface area contributed by atoms with Crippen LogP contribution in [0.4, 0.5) is 0 Å². The van der Waals surface area contributed by atoms with Crippen LogP contribution in [0.15, 0.2) is 60.7 Å². The average molecular weight is 439 g/mol. The molecule has 0 atom stereocenters. The first-order chi connectivity index (χ1) is 16.2. The third kappa shape index (κ3) is 6.86. The number of benzene rings is 2. The van der Waals surface area contributed by atoms with E-state index in [0.717, 1.165) is 29.7 Å². The van der Waals surface area contributed by atoms with E-state index in [0.29, 0.717) is 5.92 Å². The zero-order chi connectivity index (χ0) is 22.9. The van der Waals surface area contributed by atoms with Crippen LogP contribution in [0.25, 0.3) is 0 Å². The highest BCUT2D eigenvalue weighted by Gasteiger charge is 2.22. The van der Waals surface area contributed by atoms with Gasteiger partial charge >= 0.3 is 0 Å². The monoisotopic (exact) mass is 438 g/mol. The van der Waals surface area contributed by atoms with Gasteiger partial charge in [0.15, 0.2) is 0 Å². The van der Waals surface area contributed by atoms with Crippen molar-refractivity contribution in [2.75, 3.05) is 0 Å². The minimum Gasteiger partial charge on any atom is -0.0730 e. The van der Waals surface area contributed by atoms with Gasteiger partial charge in [-0.2, -0.15) is 0 Å². The maximum atomic E-state index is 3.35. The molecule has 0 radical (unpaired) electrons. The molecule has 0 amide bonds. The zero-order valence-corrected chi connectivity index (χ0v) is 20.9. The van der Waals surface area contributed by atoms with Crippen LogP contribution in [0.1, 0.15) is 112 Å². The molecule has 2 aromatic carbocycles. The van der Waals surface area contributed by atoms with Gasteiger partial charge < -0.3 is 0 Å². The Morgan fingerprint density at radius 2 is 1.30 bits per heavy atom. The summed E-state index contributed by atoms with van der Waals surface area (Å²) in [5, 5.41) is 0. The van der Waals surface area contributed by atoms with Gasteiger partial charge in [0.2, 0.25) is 0 Å². The summed E-state index contributed by atoms with van der Waals surface area (Å²) >= 11 is 0. The van der Waals surface area contributed by atoms with Gasteiger partial charge in [-0.3, -0.25) is 0 Å².